The number of aryl methyl sites for hydroxylation is 1. The van der Waals surface area contributed by atoms with Gasteiger partial charge < -0.3 is 15.5 Å². The summed E-state index contributed by atoms with van der Waals surface area (Å²) in [6.07, 6.45) is 5.44. The van der Waals surface area contributed by atoms with Gasteiger partial charge in [0.25, 0.3) is 0 Å². The fourth-order valence-electron chi connectivity index (χ4n) is 3.48. The van der Waals surface area contributed by atoms with Crippen molar-refractivity contribution in [2.75, 3.05) is 31.5 Å². The highest BCUT2D eigenvalue weighted by Gasteiger charge is 2.32. The Morgan fingerprint density at radius 3 is 2.79 bits per heavy atom. The van der Waals surface area contributed by atoms with E-state index >= 15 is 0 Å². The molecule has 6 heteroatoms. The molecule has 0 saturated carbocycles. The first-order valence-electron chi connectivity index (χ1n) is 8.86. The largest absolute Gasteiger partial charge is 0.342 e. The topological polar surface area (TPSA) is 74.3 Å². The lowest BCUT2D eigenvalue weighted by Gasteiger charge is -2.35. The number of anilines is 1. The molecule has 1 aromatic heterocycles. The number of rotatable bonds is 3. The summed E-state index contributed by atoms with van der Waals surface area (Å²) >= 11 is 0. The number of piperidine rings is 2. The number of pyridine rings is 1. The molecule has 6 nitrogen and oxygen atoms in total. The molecule has 2 atom stereocenters. The number of nitrogens with one attached hydrogen (secondary N) is 2. The summed E-state index contributed by atoms with van der Waals surface area (Å²) < 4.78 is 0. The average molecular weight is 330 g/mol. The van der Waals surface area contributed by atoms with E-state index in [0.717, 1.165) is 50.9 Å². The van der Waals surface area contributed by atoms with Crippen molar-refractivity contribution in [1.82, 2.24) is 15.2 Å². The summed E-state index contributed by atoms with van der Waals surface area (Å²) in [5.74, 6) is 0.658. The van der Waals surface area contributed by atoms with E-state index in [1.54, 1.807) is 6.20 Å². The Bertz CT molecular complexity index is 581. The van der Waals surface area contributed by atoms with Gasteiger partial charge in [-0.15, -0.1) is 0 Å². The lowest BCUT2D eigenvalue weighted by Crippen LogP contribution is -2.48. The monoisotopic (exact) mass is 330 g/mol. The third-order valence-electron chi connectivity index (χ3n) is 4.91. The molecule has 2 aliphatic heterocycles. The molecule has 2 fully saturated rings. The summed E-state index contributed by atoms with van der Waals surface area (Å²) in [5, 5.41) is 6.17. The Morgan fingerprint density at radius 2 is 2.08 bits per heavy atom. The van der Waals surface area contributed by atoms with Crippen LogP contribution in [0.15, 0.2) is 18.3 Å². The minimum absolute atomic E-state index is 0.0365. The molecule has 0 radical (unpaired) electrons. The molecule has 0 bridgehead atoms. The van der Waals surface area contributed by atoms with Crippen molar-refractivity contribution in [3.63, 3.8) is 0 Å². The first-order valence-corrected chi connectivity index (χ1v) is 8.86. The molecule has 2 unspecified atom stereocenters. The first kappa shape index (κ1) is 16.9. The zero-order valence-corrected chi connectivity index (χ0v) is 14.3. The van der Waals surface area contributed by atoms with Gasteiger partial charge in [0.05, 0.1) is 11.8 Å². The van der Waals surface area contributed by atoms with Crippen LogP contribution in [0.4, 0.5) is 5.82 Å². The molecule has 2 saturated heterocycles. The second-order valence-corrected chi connectivity index (χ2v) is 6.88. The first-order chi connectivity index (χ1) is 11.6. The molecule has 3 rings (SSSR count). The summed E-state index contributed by atoms with van der Waals surface area (Å²) in [6, 6.07) is 3.74. The SMILES string of the molecule is Cc1ccc(NC(=O)C2CCCN(C(=O)C3CCCNC3)C2)nc1. The second kappa shape index (κ2) is 7.75. The Hall–Kier alpha value is -1.95. The second-order valence-electron chi connectivity index (χ2n) is 6.88. The van der Waals surface area contributed by atoms with Crippen LogP contribution in [-0.2, 0) is 9.59 Å². The van der Waals surface area contributed by atoms with Crippen molar-refractivity contribution in [2.24, 2.45) is 11.8 Å². The van der Waals surface area contributed by atoms with Gasteiger partial charge in [-0.05, 0) is 50.8 Å². The maximum Gasteiger partial charge on any atom is 0.230 e. The van der Waals surface area contributed by atoms with Gasteiger partial charge in [-0.25, -0.2) is 4.98 Å². The standard InChI is InChI=1S/C18H26N4O2/c1-13-6-7-16(20-10-13)21-17(23)15-5-3-9-22(12-15)18(24)14-4-2-8-19-11-14/h6-7,10,14-15,19H,2-5,8-9,11-12H2,1H3,(H,20,21,23). The van der Waals surface area contributed by atoms with Gasteiger partial charge in [-0.2, -0.15) is 0 Å². The lowest BCUT2D eigenvalue weighted by atomic mass is 9.93. The number of carbonyl (C=O) groups is 2. The van der Waals surface area contributed by atoms with Crippen LogP contribution in [0, 0.1) is 18.8 Å². The molecular weight excluding hydrogens is 304 g/mol. The van der Waals surface area contributed by atoms with E-state index in [1.165, 1.54) is 0 Å². The third-order valence-corrected chi connectivity index (χ3v) is 4.91. The molecule has 0 aliphatic carbocycles. The van der Waals surface area contributed by atoms with Crippen LogP contribution in [0.25, 0.3) is 0 Å². The van der Waals surface area contributed by atoms with Gasteiger partial charge in [-0.1, -0.05) is 6.07 Å². The number of hydrogen-bond donors (Lipinski definition) is 2. The van der Waals surface area contributed by atoms with Crippen molar-refractivity contribution in [3.8, 4) is 0 Å². The number of hydrogen-bond acceptors (Lipinski definition) is 4. The van der Waals surface area contributed by atoms with Crippen LogP contribution in [0.2, 0.25) is 0 Å². The van der Waals surface area contributed by atoms with Crippen LogP contribution in [0.3, 0.4) is 0 Å². The summed E-state index contributed by atoms with van der Waals surface area (Å²) in [4.78, 5) is 31.3. The van der Waals surface area contributed by atoms with Gasteiger partial charge in [0.15, 0.2) is 0 Å². The van der Waals surface area contributed by atoms with E-state index in [1.807, 2.05) is 24.0 Å². The number of likely N-dealkylation sites (tertiary alicyclic amines) is 1. The van der Waals surface area contributed by atoms with E-state index in [-0.39, 0.29) is 23.7 Å². The van der Waals surface area contributed by atoms with Gasteiger partial charge >= 0.3 is 0 Å². The lowest BCUT2D eigenvalue weighted by molar-refractivity contribution is -0.139. The average Bonchev–Trinajstić information content (AvgIpc) is 2.64. The summed E-state index contributed by atoms with van der Waals surface area (Å²) in [6.45, 7) is 5.01. The maximum atomic E-state index is 12.7. The molecular formula is C18H26N4O2. The molecule has 2 N–H and O–H groups in total. The van der Waals surface area contributed by atoms with Gasteiger partial charge in [0.1, 0.15) is 5.82 Å². The highest BCUT2D eigenvalue weighted by molar-refractivity contribution is 5.92. The van der Waals surface area contributed by atoms with Crippen molar-refractivity contribution in [1.29, 1.82) is 0 Å². The molecule has 2 aliphatic rings. The van der Waals surface area contributed by atoms with Crippen LogP contribution in [0.5, 0.6) is 0 Å². The van der Waals surface area contributed by atoms with E-state index in [9.17, 15) is 9.59 Å². The molecule has 1 aromatic rings. The quantitative estimate of drug-likeness (QED) is 0.882. The van der Waals surface area contributed by atoms with Crippen LogP contribution >= 0.6 is 0 Å². The Kier molecular flexibility index (Phi) is 5.45. The van der Waals surface area contributed by atoms with Crippen LogP contribution < -0.4 is 10.6 Å². The van der Waals surface area contributed by atoms with Gasteiger partial charge in [0, 0.05) is 25.8 Å². The fourth-order valence-corrected chi connectivity index (χ4v) is 3.48. The molecule has 3 heterocycles. The van der Waals surface area contributed by atoms with Crippen LogP contribution in [-0.4, -0.2) is 47.9 Å². The normalized spacial score (nSPS) is 24.5. The van der Waals surface area contributed by atoms with Crippen molar-refractivity contribution >= 4 is 17.6 Å². The molecule has 0 aromatic carbocycles. The highest BCUT2D eigenvalue weighted by Crippen LogP contribution is 2.22. The molecule has 24 heavy (non-hydrogen) atoms. The van der Waals surface area contributed by atoms with E-state index < -0.39 is 0 Å². The zero-order chi connectivity index (χ0) is 16.9. The molecule has 2 amide bonds. The predicted octanol–water partition coefficient (Wildman–Crippen LogP) is 1.57. The number of amides is 2. The zero-order valence-electron chi connectivity index (χ0n) is 14.3. The Balaban J connectivity index is 1.57. The highest BCUT2D eigenvalue weighted by atomic mass is 16.2. The molecule has 130 valence electrons. The van der Waals surface area contributed by atoms with Crippen molar-refractivity contribution in [2.45, 2.75) is 32.6 Å². The van der Waals surface area contributed by atoms with Crippen molar-refractivity contribution in [3.05, 3.63) is 23.9 Å². The van der Waals surface area contributed by atoms with E-state index in [2.05, 4.69) is 15.6 Å². The Labute approximate surface area is 143 Å². The number of nitrogens with zero attached hydrogens (tertiary/aromatic N) is 2. The maximum absolute atomic E-state index is 12.7. The predicted molar refractivity (Wildman–Crippen MR) is 92.5 cm³/mol. The Morgan fingerprint density at radius 1 is 1.25 bits per heavy atom. The van der Waals surface area contributed by atoms with Crippen molar-refractivity contribution < 1.29 is 9.59 Å². The number of aromatic nitrogens is 1. The van der Waals surface area contributed by atoms with E-state index in [0.29, 0.717) is 12.4 Å². The summed E-state index contributed by atoms with van der Waals surface area (Å²) in [7, 11) is 0. The minimum Gasteiger partial charge on any atom is -0.342 e. The van der Waals surface area contributed by atoms with Gasteiger partial charge in [-0.3, -0.25) is 9.59 Å². The smallest absolute Gasteiger partial charge is 0.230 e. The van der Waals surface area contributed by atoms with Crippen LogP contribution in [0.1, 0.15) is 31.2 Å². The summed E-state index contributed by atoms with van der Waals surface area (Å²) in [5.41, 5.74) is 1.06. The fraction of sp³-hybridized carbons (Fsp3) is 0.611. The minimum atomic E-state index is -0.151. The van der Waals surface area contributed by atoms with E-state index in [4.69, 9.17) is 0 Å². The number of carbonyl (C=O) groups excluding carboxylic acids is 2. The van der Waals surface area contributed by atoms with Gasteiger partial charge in [0.2, 0.25) is 11.8 Å². The molecule has 0 spiro atoms. The third kappa shape index (κ3) is 4.12.